The highest BCUT2D eigenvalue weighted by Crippen LogP contribution is 2.22. The van der Waals surface area contributed by atoms with Crippen molar-refractivity contribution < 1.29 is 14.3 Å². The van der Waals surface area contributed by atoms with Crippen LogP contribution in [0.2, 0.25) is 0 Å². The maximum absolute atomic E-state index is 12.1. The Kier molecular flexibility index (Phi) is 3.85. The van der Waals surface area contributed by atoms with Crippen molar-refractivity contribution in [1.82, 2.24) is 4.90 Å². The van der Waals surface area contributed by atoms with Gasteiger partial charge in [-0.15, -0.1) is 0 Å². The normalized spacial score (nSPS) is 13.4. The molecule has 0 bridgehead atoms. The van der Waals surface area contributed by atoms with E-state index < -0.39 is 0 Å². The minimum Gasteiger partial charge on any atom is -0.356 e. The Morgan fingerprint density at radius 3 is 2.09 bits per heavy atom. The van der Waals surface area contributed by atoms with Gasteiger partial charge in [-0.05, 0) is 23.3 Å². The number of carbonyl (C=O) groups is 2. The minimum atomic E-state index is -0.303. The molecule has 0 saturated carbocycles. The third-order valence-corrected chi connectivity index (χ3v) is 3.58. The summed E-state index contributed by atoms with van der Waals surface area (Å²) in [7, 11) is 0. The molecule has 22 heavy (non-hydrogen) atoms. The van der Waals surface area contributed by atoms with Crippen molar-refractivity contribution in [3.63, 3.8) is 0 Å². The van der Waals surface area contributed by atoms with Crippen molar-refractivity contribution in [2.24, 2.45) is 0 Å². The fourth-order valence-corrected chi connectivity index (χ4v) is 2.36. The summed E-state index contributed by atoms with van der Waals surface area (Å²) in [5, 5.41) is 0. The van der Waals surface area contributed by atoms with Gasteiger partial charge >= 0.3 is 0 Å². The van der Waals surface area contributed by atoms with Crippen molar-refractivity contribution >= 4 is 17.9 Å². The van der Waals surface area contributed by atoms with E-state index in [2.05, 4.69) is 6.58 Å². The lowest BCUT2D eigenvalue weighted by Crippen LogP contribution is -2.32. The second-order valence-electron chi connectivity index (χ2n) is 5.01. The summed E-state index contributed by atoms with van der Waals surface area (Å²) >= 11 is 0. The van der Waals surface area contributed by atoms with Gasteiger partial charge in [0.1, 0.15) is 6.73 Å². The van der Waals surface area contributed by atoms with Crippen molar-refractivity contribution in [2.45, 2.75) is 6.61 Å². The summed E-state index contributed by atoms with van der Waals surface area (Å²) in [6, 6.07) is 14.5. The molecule has 0 N–H and O–H groups in total. The van der Waals surface area contributed by atoms with Gasteiger partial charge in [-0.3, -0.25) is 9.59 Å². The highest BCUT2D eigenvalue weighted by molar-refractivity contribution is 6.21. The molecule has 0 unspecified atom stereocenters. The molecule has 0 spiro atoms. The molecule has 2 aromatic carbocycles. The number of amides is 2. The standard InChI is InChI=1S/C18H15NO3/c1-2-13-7-9-14(10-8-13)11-22-12-19-17(20)15-5-3-4-6-16(15)18(19)21/h2-10H,1,11-12H2. The molecule has 1 aliphatic heterocycles. The van der Waals surface area contributed by atoms with Crippen LogP contribution in [0.3, 0.4) is 0 Å². The molecule has 0 radical (unpaired) electrons. The van der Waals surface area contributed by atoms with Crippen LogP contribution in [0, 0.1) is 0 Å². The highest BCUT2D eigenvalue weighted by atomic mass is 16.5. The van der Waals surface area contributed by atoms with E-state index in [0.29, 0.717) is 17.7 Å². The molecule has 3 rings (SSSR count). The number of hydrogen-bond donors (Lipinski definition) is 0. The first-order valence-electron chi connectivity index (χ1n) is 6.95. The van der Waals surface area contributed by atoms with Gasteiger partial charge in [0.2, 0.25) is 0 Å². The molecule has 4 heteroatoms. The SMILES string of the molecule is C=Cc1ccc(COCN2C(=O)c3ccccc3C2=O)cc1. The zero-order valence-electron chi connectivity index (χ0n) is 12.0. The highest BCUT2D eigenvalue weighted by Gasteiger charge is 2.34. The second-order valence-corrected chi connectivity index (χ2v) is 5.01. The summed E-state index contributed by atoms with van der Waals surface area (Å²) in [6.07, 6.45) is 1.77. The lowest BCUT2D eigenvalue weighted by atomic mass is 10.1. The van der Waals surface area contributed by atoms with E-state index in [-0.39, 0.29) is 18.5 Å². The zero-order valence-corrected chi connectivity index (χ0v) is 12.0. The van der Waals surface area contributed by atoms with Gasteiger partial charge in [0.15, 0.2) is 0 Å². The molecule has 0 fully saturated rings. The van der Waals surface area contributed by atoms with E-state index in [1.54, 1.807) is 30.3 Å². The average molecular weight is 293 g/mol. The summed E-state index contributed by atoms with van der Waals surface area (Å²) in [5.41, 5.74) is 2.88. The molecular formula is C18H15NO3. The summed E-state index contributed by atoms with van der Waals surface area (Å²) in [5.74, 6) is -0.606. The molecule has 1 aliphatic rings. The predicted molar refractivity (Wildman–Crippen MR) is 83.1 cm³/mol. The second kappa shape index (κ2) is 5.95. The molecule has 0 aromatic heterocycles. The number of carbonyl (C=O) groups excluding carboxylic acids is 2. The van der Waals surface area contributed by atoms with Gasteiger partial charge in [-0.2, -0.15) is 0 Å². The quantitative estimate of drug-likeness (QED) is 0.796. The maximum Gasteiger partial charge on any atom is 0.263 e. The molecular weight excluding hydrogens is 278 g/mol. The van der Waals surface area contributed by atoms with Crippen LogP contribution in [0.4, 0.5) is 0 Å². The molecule has 2 amide bonds. The van der Waals surface area contributed by atoms with E-state index in [4.69, 9.17) is 4.74 Å². The van der Waals surface area contributed by atoms with Crippen LogP contribution < -0.4 is 0 Å². The van der Waals surface area contributed by atoms with Crippen LogP contribution in [-0.4, -0.2) is 23.4 Å². The number of imide groups is 1. The summed E-state index contributed by atoms with van der Waals surface area (Å²) in [6.45, 7) is 3.99. The first-order chi connectivity index (χ1) is 10.7. The number of hydrogen-bond acceptors (Lipinski definition) is 3. The van der Waals surface area contributed by atoms with Crippen LogP contribution in [0.15, 0.2) is 55.1 Å². The number of fused-ring (bicyclic) bond motifs is 1. The first-order valence-corrected chi connectivity index (χ1v) is 6.95. The fourth-order valence-electron chi connectivity index (χ4n) is 2.36. The average Bonchev–Trinajstić information content (AvgIpc) is 2.81. The van der Waals surface area contributed by atoms with Crippen LogP contribution >= 0.6 is 0 Å². The van der Waals surface area contributed by atoms with Gasteiger partial charge in [-0.1, -0.05) is 49.1 Å². The van der Waals surface area contributed by atoms with Crippen LogP contribution in [-0.2, 0) is 11.3 Å². The third kappa shape index (κ3) is 2.56. The van der Waals surface area contributed by atoms with Crippen molar-refractivity contribution in [3.05, 3.63) is 77.4 Å². The number of rotatable bonds is 5. The lowest BCUT2D eigenvalue weighted by Gasteiger charge is -2.14. The van der Waals surface area contributed by atoms with E-state index in [0.717, 1.165) is 16.0 Å². The number of benzene rings is 2. The molecule has 0 atom stereocenters. The predicted octanol–water partition coefficient (Wildman–Crippen LogP) is 3.10. The fraction of sp³-hybridized carbons (Fsp3) is 0.111. The number of ether oxygens (including phenoxy) is 1. The largest absolute Gasteiger partial charge is 0.356 e. The molecule has 0 aliphatic carbocycles. The van der Waals surface area contributed by atoms with Gasteiger partial charge < -0.3 is 4.74 Å². The minimum absolute atomic E-state index is 0.0461. The Morgan fingerprint density at radius 2 is 1.55 bits per heavy atom. The molecule has 110 valence electrons. The van der Waals surface area contributed by atoms with Crippen molar-refractivity contribution in [2.75, 3.05) is 6.73 Å². The van der Waals surface area contributed by atoms with Crippen molar-refractivity contribution in [3.8, 4) is 0 Å². The third-order valence-electron chi connectivity index (χ3n) is 3.58. The molecule has 1 heterocycles. The van der Waals surface area contributed by atoms with Gasteiger partial charge in [-0.25, -0.2) is 4.90 Å². The van der Waals surface area contributed by atoms with Crippen LogP contribution in [0.1, 0.15) is 31.8 Å². The maximum atomic E-state index is 12.1. The Labute approximate surface area is 128 Å². The van der Waals surface area contributed by atoms with Crippen LogP contribution in [0.25, 0.3) is 6.08 Å². The monoisotopic (exact) mass is 293 g/mol. The molecule has 4 nitrogen and oxygen atoms in total. The van der Waals surface area contributed by atoms with Crippen LogP contribution in [0.5, 0.6) is 0 Å². The number of nitrogens with zero attached hydrogens (tertiary/aromatic N) is 1. The van der Waals surface area contributed by atoms with Gasteiger partial charge in [0, 0.05) is 0 Å². The lowest BCUT2D eigenvalue weighted by molar-refractivity contribution is 0.0205. The van der Waals surface area contributed by atoms with Gasteiger partial charge in [0.25, 0.3) is 11.8 Å². The van der Waals surface area contributed by atoms with Gasteiger partial charge in [0.05, 0.1) is 17.7 Å². The topological polar surface area (TPSA) is 46.6 Å². The molecule has 2 aromatic rings. The Bertz CT molecular complexity index is 699. The van der Waals surface area contributed by atoms with E-state index in [9.17, 15) is 9.59 Å². The smallest absolute Gasteiger partial charge is 0.263 e. The Balaban J connectivity index is 1.62. The molecule has 0 saturated heterocycles. The Morgan fingerprint density at radius 1 is 0.955 bits per heavy atom. The first kappa shape index (κ1) is 14.2. The van der Waals surface area contributed by atoms with Crippen molar-refractivity contribution in [1.29, 1.82) is 0 Å². The van der Waals surface area contributed by atoms with E-state index in [1.165, 1.54) is 0 Å². The van der Waals surface area contributed by atoms with E-state index >= 15 is 0 Å². The Hall–Kier alpha value is -2.72. The van der Waals surface area contributed by atoms with E-state index in [1.807, 2.05) is 24.3 Å². The zero-order chi connectivity index (χ0) is 15.5. The summed E-state index contributed by atoms with van der Waals surface area (Å²) < 4.78 is 5.51. The summed E-state index contributed by atoms with van der Waals surface area (Å²) in [4.78, 5) is 25.4.